The summed E-state index contributed by atoms with van der Waals surface area (Å²) in [5.41, 5.74) is -0.983. The van der Waals surface area contributed by atoms with Crippen LogP contribution < -0.4 is 15.1 Å². The topological polar surface area (TPSA) is 76.4 Å². The highest BCUT2D eigenvalue weighted by molar-refractivity contribution is 7.81. The molecule has 1 N–H and O–H groups in total. The second-order valence-corrected chi connectivity index (χ2v) is 7.61. The van der Waals surface area contributed by atoms with E-state index in [-0.39, 0.29) is 33.2 Å². The second kappa shape index (κ2) is 7.46. The third-order valence-electron chi connectivity index (χ3n) is 5.08. The lowest BCUT2D eigenvalue weighted by Gasteiger charge is -2.29. The summed E-state index contributed by atoms with van der Waals surface area (Å²) < 4.78 is 29.5. The number of nitrogens with one attached hydrogen (secondary N) is 1. The minimum Gasteiger partial charge on any atom is -0.355 e. The Morgan fingerprint density at radius 1 is 1.23 bits per heavy atom. The quantitative estimate of drug-likeness (QED) is 0.759. The number of amides is 2. The molecule has 1 saturated heterocycles. The fraction of sp³-hybridized carbons (Fsp3) is 0.238. The van der Waals surface area contributed by atoms with E-state index in [0.29, 0.717) is 0 Å². The van der Waals surface area contributed by atoms with E-state index in [1.807, 2.05) is 6.07 Å². The highest BCUT2D eigenvalue weighted by atomic mass is 32.1. The zero-order valence-corrected chi connectivity index (χ0v) is 17.5. The minimum absolute atomic E-state index is 0.0416. The standard InChI is InChI=1S/C21H18F2N4O2S/c1-11-12(10-24)5-8-16(17(11)23)26-19(29)21(2,3)27(20(26)30)13-6-7-14(15(22)9-13)18(28)25-4/h5-9H,1-4H3,(H,25,28). The van der Waals surface area contributed by atoms with Crippen molar-refractivity contribution in [2.24, 2.45) is 0 Å². The van der Waals surface area contributed by atoms with Crippen molar-refractivity contribution in [2.75, 3.05) is 16.8 Å². The van der Waals surface area contributed by atoms with Crippen LogP contribution in [0.4, 0.5) is 20.2 Å². The second-order valence-electron chi connectivity index (χ2n) is 7.24. The van der Waals surface area contributed by atoms with Crippen LogP contribution >= 0.6 is 12.2 Å². The molecule has 1 aliphatic heterocycles. The maximum absolute atomic E-state index is 14.9. The van der Waals surface area contributed by atoms with E-state index in [9.17, 15) is 18.4 Å². The van der Waals surface area contributed by atoms with E-state index in [1.165, 1.54) is 43.1 Å². The summed E-state index contributed by atoms with van der Waals surface area (Å²) in [5, 5.41) is 11.4. The highest BCUT2D eigenvalue weighted by Gasteiger charge is 2.51. The molecule has 0 unspecified atom stereocenters. The van der Waals surface area contributed by atoms with Crippen molar-refractivity contribution in [1.29, 1.82) is 5.26 Å². The monoisotopic (exact) mass is 428 g/mol. The Balaban J connectivity index is 2.10. The van der Waals surface area contributed by atoms with Gasteiger partial charge in [0.05, 0.1) is 22.9 Å². The molecule has 0 bridgehead atoms. The number of nitriles is 1. The van der Waals surface area contributed by atoms with Gasteiger partial charge in [-0.05, 0) is 63.3 Å². The average molecular weight is 428 g/mol. The van der Waals surface area contributed by atoms with Crippen LogP contribution in [0.2, 0.25) is 0 Å². The van der Waals surface area contributed by atoms with Crippen LogP contribution in [0.5, 0.6) is 0 Å². The molecule has 3 rings (SSSR count). The Bertz CT molecular complexity index is 1140. The van der Waals surface area contributed by atoms with Gasteiger partial charge in [-0.3, -0.25) is 14.5 Å². The van der Waals surface area contributed by atoms with Crippen molar-refractivity contribution in [3.63, 3.8) is 0 Å². The van der Waals surface area contributed by atoms with Crippen molar-refractivity contribution in [3.8, 4) is 6.07 Å². The molecule has 0 saturated carbocycles. The third-order valence-corrected chi connectivity index (χ3v) is 5.44. The number of halogens is 2. The van der Waals surface area contributed by atoms with Crippen molar-refractivity contribution < 1.29 is 18.4 Å². The molecule has 1 aliphatic rings. The number of hydrogen-bond donors (Lipinski definition) is 1. The van der Waals surface area contributed by atoms with Gasteiger partial charge in [0.2, 0.25) is 0 Å². The molecular formula is C21H18F2N4O2S. The van der Waals surface area contributed by atoms with E-state index in [1.54, 1.807) is 13.8 Å². The van der Waals surface area contributed by atoms with Gasteiger partial charge < -0.3 is 10.2 Å². The van der Waals surface area contributed by atoms with Crippen molar-refractivity contribution in [3.05, 3.63) is 58.7 Å². The lowest BCUT2D eigenvalue weighted by Crippen LogP contribution is -2.44. The maximum atomic E-state index is 14.9. The van der Waals surface area contributed by atoms with Gasteiger partial charge in [-0.25, -0.2) is 8.78 Å². The normalized spacial score (nSPS) is 15.4. The number of carbonyl (C=O) groups is 2. The van der Waals surface area contributed by atoms with Gasteiger partial charge in [-0.2, -0.15) is 5.26 Å². The van der Waals surface area contributed by atoms with Crippen LogP contribution in [0.1, 0.15) is 35.3 Å². The first-order valence-corrected chi connectivity index (χ1v) is 9.36. The lowest BCUT2D eigenvalue weighted by atomic mass is 10.0. The molecule has 154 valence electrons. The minimum atomic E-state index is -1.24. The van der Waals surface area contributed by atoms with Gasteiger partial charge in [0.25, 0.3) is 11.8 Å². The van der Waals surface area contributed by atoms with Crippen LogP contribution in [0, 0.1) is 29.9 Å². The molecule has 1 heterocycles. The number of nitrogens with zero attached hydrogens (tertiary/aromatic N) is 3. The Kier molecular flexibility index (Phi) is 5.31. The molecule has 2 aromatic rings. The third kappa shape index (κ3) is 3.09. The number of carbonyl (C=O) groups excluding carboxylic acids is 2. The molecule has 0 spiro atoms. The SMILES string of the molecule is CNC(=O)c1ccc(N2C(=S)N(c3ccc(C#N)c(C)c3F)C(=O)C2(C)C)cc1F. The summed E-state index contributed by atoms with van der Waals surface area (Å²) in [6, 6.07) is 8.50. The summed E-state index contributed by atoms with van der Waals surface area (Å²) in [6.45, 7) is 4.61. The molecule has 0 radical (unpaired) electrons. The molecular weight excluding hydrogens is 410 g/mol. The molecule has 2 aromatic carbocycles. The predicted molar refractivity (Wildman–Crippen MR) is 112 cm³/mol. The predicted octanol–water partition coefficient (Wildman–Crippen LogP) is 3.42. The number of rotatable bonds is 3. The molecule has 6 nitrogen and oxygen atoms in total. The Morgan fingerprint density at radius 3 is 2.47 bits per heavy atom. The van der Waals surface area contributed by atoms with E-state index in [2.05, 4.69) is 5.32 Å². The Morgan fingerprint density at radius 2 is 1.90 bits per heavy atom. The molecule has 0 atom stereocenters. The summed E-state index contributed by atoms with van der Waals surface area (Å²) >= 11 is 5.46. The number of hydrogen-bond acceptors (Lipinski definition) is 4. The molecule has 1 fully saturated rings. The van der Waals surface area contributed by atoms with Gasteiger partial charge in [-0.1, -0.05) is 0 Å². The van der Waals surface area contributed by atoms with Crippen LogP contribution in [-0.2, 0) is 4.79 Å². The smallest absolute Gasteiger partial charge is 0.259 e. The van der Waals surface area contributed by atoms with E-state index in [4.69, 9.17) is 17.5 Å². The summed E-state index contributed by atoms with van der Waals surface area (Å²) in [7, 11) is 1.39. The van der Waals surface area contributed by atoms with Crippen LogP contribution in [0.3, 0.4) is 0 Å². The van der Waals surface area contributed by atoms with Gasteiger partial charge in [0.1, 0.15) is 11.4 Å². The summed E-state index contributed by atoms with van der Waals surface area (Å²) in [4.78, 5) is 27.4. The average Bonchev–Trinajstić information content (AvgIpc) is 2.88. The first-order chi connectivity index (χ1) is 14.1. The first kappa shape index (κ1) is 21.3. The largest absolute Gasteiger partial charge is 0.355 e. The zero-order valence-electron chi connectivity index (χ0n) is 16.7. The molecule has 0 aromatic heterocycles. The Labute approximate surface area is 177 Å². The number of thiocarbonyl (C=S) groups is 1. The fourth-order valence-electron chi connectivity index (χ4n) is 3.37. The Hall–Kier alpha value is -3.38. The number of anilines is 2. The first-order valence-electron chi connectivity index (χ1n) is 8.95. The van der Waals surface area contributed by atoms with Crippen molar-refractivity contribution in [2.45, 2.75) is 26.3 Å². The maximum Gasteiger partial charge on any atom is 0.259 e. The zero-order chi connectivity index (χ0) is 22.4. The van der Waals surface area contributed by atoms with Crippen LogP contribution in [-0.4, -0.2) is 29.5 Å². The summed E-state index contributed by atoms with van der Waals surface area (Å²) in [6.07, 6.45) is 0. The van der Waals surface area contributed by atoms with Crippen molar-refractivity contribution >= 4 is 40.5 Å². The molecule has 2 amide bonds. The highest BCUT2D eigenvalue weighted by Crippen LogP contribution is 2.38. The van der Waals surface area contributed by atoms with Crippen LogP contribution in [0.15, 0.2) is 30.3 Å². The molecule has 9 heteroatoms. The van der Waals surface area contributed by atoms with E-state index < -0.39 is 29.0 Å². The van der Waals surface area contributed by atoms with Gasteiger partial charge in [0.15, 0.2) is 10.9 Å². The number of benzene rings is 2. The van der Waals surface area contributed by atoms with Gasteiger partial charge in [0, 0.05) is 18.3 Å². The van der Waals surface area contributed by atoms with Gasteiger partial charge >= 0.3 is 0 Å². The fourth-order valence-corrected chi connectivity index (χ4v) is 3.88. The molecule has 0 aliphatic carbocycles. The van der Waals surface area contributed by atoms with Crippen LogP contribution in [0.25, 0.3) is 0 Å². The lowest BCUT2D eigenvalue weighted by molar-refractivity contribution is -0.120. The summed E-state index contributed by atoms with van der Waals surface area (Å²) in [5.74, 6) is -2.61. The van der Waals surface area contributed by atoms with E-state index >= 15 is 0 Å². The molecule has 30 heavy (non-hydrogen) atoms. The van der Waals surface area contributed by atoms with Crippen molar-refractivity contribution in [1.82, 2.24) is 5.32 Å². The van der Waals surface area contributed by atoms with Gasteiger partial charge in [-0.15, -0.1) is 0 Å². The van der Waals surface area contributed by atoms with E-state index in [0.717, 1.165) is 11.0 Å².